The lowest BCUT2D eigenvalue weighted by Gasteiger charge is -2.31. The van der Waals surface area contributed by atoms with Crippen LogP contribution in [0, 0.1) is 5.92 Å². The zero-order valence-electron chi connectivity index (χ0n) is 19.8. The maximum atomic E-state index is 13.2. The summed E-state index contributed by atoms with van der Waals surface area (Å²) in [5, 5.41) is 2.96. The molecule has 0 unspecified atom stereocenters. The highest BCUT2D eigenvalue weighted by Crippen LogP contribution is 2.26. The van der Waals surface area contributed by atoms with E-state index in [1.807, 2.05) is 35.2 Å². The topological polar surface area (TPSA) is 86.8 Å². The van der Waals surface area contributed by atoms with Gasteiger partial charge in [0.1, 0.15) is 0 Å². The highest BCUT2D eigenvalue weighted by atomic mass is 79.9. The second-order valence-corrected chi connectivity index (χ2v) is 12.2. The predicted octanol–water partition coefficient (Wildman–Crippen LogP) is 4.65. The summed E-state index contributed by atoms with van der Waals surface area (Å²) < 4.78 is 28.1. The van der Waals surface area contributed by atoms with Gasteiger partial charge in [-0.05, 0) is 55.5 Å². The maximum Gasteiger partial charge on any atom is 0.255 e. The third-order valence-electron chi connectivity index (χ3n) is 6.76. The van der Waals surface area contributed by atoms with Crippen molar-refractivity contribution in [2.75, 3.05) is 31.5 Å². The Labute approximate surface area is 216 Å². The number of hydrogen-bond acceptors (Lipinski definition) is 4. The Balaban J connectivity index is 1.36. The number of carbonyl (C=O) groups is 2. The number of amides is 2. The number of halogens is 1. The molecule has 2 saturated heterocycles. The van der Waals surface area contributed by atoms with Crippen LogP contribution in [0.15, 0.2) is 53.0 Å². The highest BCUT2D eigenvalue weighted by molar-refractivity contribution is 9.10. The first-order chi connectivity index (χ1) is 16.8. The summed E-state index contributed by atoms with van der Waals surface area (Å²) in [5.41, 5.74) is 1.76. The molecule has 4 rings (SSSR count). The fourth-order valence-electron chi connectivity index (χ4n) is 4.78. The van der Waals surface area contributed by atoms with Crippen molar-refractivity contribution in [2.45, 2.75) is 44.3 Å². The summed E-state index contributed by atoms with van der Waals surface area (Å²) in [6.45, 7) is 2.10. The molecule has 0 bridgehead atoms. The van der Waals surface area contributed by atoms with Crippen LogP contribution in [-0.2, 0) is 20.6 Å². The monoisotopic (exact) mass is 561 g/mol. The third-order valence-corrected chi connectivity index (χ3v) is 9.11. The van der Waals surface area contributed by atoms with Gasteiger partial charge in [0.2, 0.25) is 15.9 Å². The first kappa shape index (κ1) is 25.9. The Hall–Kier alpha value is -2.23. The van der Waals surface area contributed by atoms with Crippen molar-refractivity contribution in [1.29, 1.82) is 0 Å². The smallest absolute Gasteiger partial charge is 0.255 e. The van der Waals surface area contributed by atoms with Gasteiger partial charge in [-0.15, -0.1) is 0 Å². The van der Waals surface area contributed by atoms with Crippen LogP contribution in [0.5, 0.6) is 0 Å². The van der Waals surface area contributed by atoms with Gasteiger partial charge in [0.25, 0.3) is 5.91 Å². The lowest BCUT2D eigenvalue weighted by atomic mass is 9.97. The molecular weight excluding hydrogens is 530 g/mol. The van der Waals surface area contributed by atoms with E-state index in [1.54, 1.807) is 18.2 Å². The van der Waals surface area contributed by atoms with Crippen molar-refractivity contribution in [3.05, 3.63) is 64.1 Å². The minimum Gasteiger partial charge on any atom is -0.339 e. The lowest BCUT2D eigenvalue weighted by molar-refractivity contribution is -0.120. The van der Waals surface area contributed by atoms with E-state index in [2.05, 4.69) is 21.2 Å². The second-order valence-electron chi connectivity index (χ2n) is 9.30. The summed E-state index contributed by atoms with van der Waals surface area (Å²) in [5.74, 6) is -0.565. The summed E-state index contributed by atoms with van der Waals surface area (Å²) in [4.78, 5) is 28.1. The molecule has 2 heterocycles. The van der Waals surface area contributed by atoms with Gasteiger partial charge in [-0.1, -0.05) is 53.0 Å². The van der Waals surface area contributed by atoms with Crippen molar-refractivity contribution in [3.63, 3.8) is 0 Å². The van der Waals surface area contributed by atoms with E-state index in [-0.39, 0.29) is 23.5 Å². The molecule has 2 amide bonds. The minimum absolute atomic E-state index is 0.0451. The van der Waals surface area contributed by atoms with Crippen molar-refractivity contribution >= 4 is 43.5 Å². The molecule has 0 saturated carbocycles. The molecule has 0 aromatic heterocycles. The average Bonchev–Trinajstić information content (AvgIpc) is 3.13. The van der Waals surface area contributed by atoms with E-state index in [1.165, 1.54) is 4.31 Å². The first-order valence-electron chi connectivity index (χ1n) is 12.2. The number of rotatable bonds is 6. The largest absolute Gasteiger partial charge is 0.339 e. The predicted molar refractivity (Wildman–Crippen MR) is 141 cm³/mol. The van der Waals surface area contributed by atoms with Gasteiger partial charge < -0.3 is 10.2 Å². The number of likely N-dealkylation sites (tertiary alicyclic amines) is 1. The summed E-state index contributed by atoms with van der Waals surface area (Å²) in [6, 6.07) is 14.4. The minimum atomic E-state index is -3.46. The highest BCUT2D eigenvalue weighted by Gasteiger charge is 2.32. The van der Waals surface area contributed by atoms with Crippen LogP contribution in [0.1, 0.15) is 54.4 Å². The molecule has 2 aliphatic heterocycles. The van der Waals surface area contributed by atoms with Gasteiger partial charge in [-0.25, -0.2) is 12.7 Å². The SMILES string of the molecule is O=C(Nc1ccccc1C(=O)N1CCCCCC1)C1CCN(S(=O)(=O)Cc2cccc(Br)c2)CC1. The molecule has 0 aliphatic carbocycles. The van der Waals surface area contributed by atoms with Crippen molar-refractivity contribution in [3.8, 4) is 0 Å². The number of nitrogens with zero attached hydrogens (tertiary/aromatic N) is 2. The molecule has 1 N–H and O–H groups in total. The Morgan fingerprint density at radius 2 is 1.60 bits per heavy atom. The van der Waals surface area contributed by atoms with Gasteiger partial charge in [-0.2, -0.15) is 0 Å². The standard InChI is InChI=1S/C26H32BrN3O4S/c27-22-9-7-8-20(18-22)19-35(33,34)30-16-12-21(13-17-30)25(31)28-24-11-4-3-10-23(24)26(32)29-14-5-1-2-6-15-29/h3-4,7-11,18,21H,1-2,5-6,12-17,19H2,(H,28,31). The van der Waals surface area contributed by atoms with Crippen LogP contribution < -0.4 is 5.32 Å². The summed E-state index contributed by atoms with van der Waals surface area (Å²) in [7, 11) is -3.46. The molecule has 7 nitrogen and oxygen atoms in total. The zero-order valence-corrected chi connectivity index (χ0v) is 22.2. The molecule has 0 radical (unpaired) electrons. The van der Waals surface area contributed by atoms with E-state index in [9.17, 15) is 18.0 Å². The van der Waals surface area contributed by atoms with Crippen molar-refractivity contribution in [2.24, 2.45) is 5.92 Å². The first-order valence-corrected chi connectivity index (χ1v) is 14.6. The van der Waals surface area contributed by atoms with E-state index in [4.69, 9.17) is 0 Å². The number of para-hydroxylation sites is 1. The Bertz CT molecular complexity index is 1150. The molecule has 9 heteroatoms. The second kappa shape index (κ2) is 11.7. The van der Waals surface area contributed by atoms with E-state index < -0.39 is 10.0 Å². The number of anilines is 1. The van der Waals surface area contributed by atoms with Crippen molar-refractivity contribution in [1.82, 2.24) is 9.21 Å². The van der Waals surface area contributed by atoms with E-state index in [0.717, 1.165) is 48.8 Å². The fourth-order valence-corrected chi connectivity index (χ4v) is 6.78. The van der Waals surface area contributed by atoms with Crippen LogP contribution >= 0.6 is 15.9 Å². The van der Waals surface area contributed by atoms with Crippen LogP contribution in [0.3, 0.4) is 0 Å². The van der Waals surface area contributed by atoms with Crippen LogP contribution in [0.4, 0.5) is 5.69 Å². The van der Waals surface area contributed by atoms with E-state index >= 15 is 0 Å². The number of carbonyl (C=O) groups excluding carboxylic acids is 2. The number of piperidine rings is 1. The molecule has 188 valence electrons. The van der Waals surface area contributed by atoms with Crippen LogP contribution in [-0.4, -0.2) is 55.6 Å². The number of benzene rings is 2. The quantitative estimate of drug-likeness (QED) is 0.556. The molecule has 0 atom stereocenters. The fraction of sp³-hybridized carbons (Fsp3) is 0.462. The molecule has 2 aliphatic rings. The molecule has 35 heavy (non-hydrogen) atoms. The lowest BCUT2D eigenvalue weighted by Crippen LogP contribution is -2.42. The van der Waals surface area contributed by atoms with E-state index in [0.29, 0.717) is 37.2 Å². The third kappa shape index (κ3) is 6.71. The van der Waals surface area contributed by atoms with Gasteiger partial charge >= 0.3 is 0 Å². The van der Waals surface area contributed by atoms with Gasteiger partial charge in [0, 0.05) is 36.6 Å². The Morgan fingerprint density at radius 1 is 0.914 bits per heavy atom. The maximum absolute atomic E-state index is 13.2. The van der Waals surface area contributed by atoms with Crippen LogP contribution in [0.2, 0.25) is 0 Å². The van der Waals surface area contributed by atoms with Crippen molar-refractivity contribution < 1.29 is 18.0 Å². The normalized spacial score (nSPS) is 18.1. The molecular formula is C26H32BrN3O4S. The molecule has 2 aromatic carbocycles. The zero-order chi connectivity index (χ0) is 24.8. The Morgan fingerprint density at radius 3 is 2.29 bits per heavy atom. The number of sulfonamides is 1. The summed E-state index contributed by atoms with van der Waals surface area (Å²) in [6.07, 6.45) is 5.18. The Kier molecular flexibility index (Phi) is 8.62. The van der Waals surface area contributed by atoms with Gasteiger partial charge in [0.15, 0.2) is 0 Å². The molecule has 2 fully saturated rings. The van der Waals surface area contributed by atoms with Crippen LogP contribution in [0.25, 0.3) is 0 Å². The molecule has 2 aromatic rings. The number of nitrogens with one attached hydrogen (secondary N) is 1. The summed E-state index contributed by atoms with van der Waals surface area (Å²) >= 11 is 3.38. The number of hydrogen-bond donors (Lipinski definition) is 1. The molecule has 0 spiro atoms. The average molecular weight is 563 g/mol. The van der Waals surface area contributed by atoms with Gasteiger partial charge in [0.05, 0.1) is 17.0 Å². The van der Waals surface area contributed by atoms with Gasteiger partial charge in [-0.3, -0.25) is 9.59 Å².